The predicted molar refractivity (Wildman–Crippen MR) is 145 cm³/mol. The Morgan fingerprint density at radius 3 is 2.54 bits per heavy atom. The number of nitrogens with two attached hydrogens (primary N) is 1. The molecule has 2 amide bonds. The third-order valence-electron chi connectivity index (χ3n) is 5.94. The standard InChI is InChI=1S/C21H19N3O2.C5H10N2O.C2H7N.H2/c1-13(2)25-19-10-9-15(11-16(19)12-22)21-23-20(24-26-21)18-8-4-6-14-5-3-7-17(14)18;6-5(8)7-3-1-2-4-7;1-3-2;/h4,6,8-11,13H,3,5,7H2,1-2H3;1-4H2,(H2,6,8);3H,1-2H3;1H. The smallest absolute Gasteiger partial charge is 0.314 e. The van der Waals surface area contributed by atoms with Crippen molar-refractivity contribution in [3.05, 3.63) is 53.1 Å². The average Bonchev–Trinajstić information content (AvgIpc) is 3.66. The molecule has 0 unspecified atom stereocenters. The van der Waals surface area contributed by atoms with Crippen LogP contribution in [0.1, 0.15) is 51.2 Å². The molecule has 2 heterocycles. The normalized spacial score (nSPS) is 13.7. The lowest BCUT2D eigenvalue weighted by Crippen LogP contribution is -2.32. The highest BCUT2D eigenvalue weighted by atomic mass is 16.5. The van der Waals surface area contributed by atoms with Gasteiger partial charge in [-0.25, -0.2) is 4.79 Å². The van der Waals surface area contributed by atoms with E-state index < -0.39 is 0 Å². The number of hydrogen-bond acceptors (Lipinski definition) is 7. The SMILES string of the molecule is CC(C)Oc1ccc(-c2nc(-c3cccc4c3CCC4)no2)cc1C#N.CNC.NC(=O)N1CCCC1.[HH]. The number of aryl methyl sites for hydroxylation is 1. The highest BCUT2D eigenvalue weighted by Crippen LogP contribution is 2.33. The van der Waals surface area contributed by atoms with E-state index in [0.29, 0.717) is 28.6 Å². The van der Waals surface area contributed by atoms with Gasteiger partial charge >= 0.3 is 6.03 Å². The Kier molecular flexibility index (Phi) is 10.0. The van der Waals surface area contributed by atoms with Crippen LogP contribution < -0.4 is 15.8 Å². The molecule has 9 nitrogen and oxygen atoms in total. The van der Waals surface area contributed by atoms with Gasteiger partial charge in [0.2, 0.25) is 5.82 Å². The Bertz CT molecular complexity index is 1230. The van der Waals surface area contributed by atoms with Crippen molar-refractivity contribution in [1.82, 2.24) is 20.4 Å². The number of amides is 2. The van der Waals surface area contributed by atoms with Gasteiger partial charge in [0.1, 0.15) is 11.8 Å². The zero-order valence-electron chi connectivity index (χ0n) is 22.1. The Morgan fingerprint density at radius 1 is 1.19 bits per heavy atom. The highest BCUT2D eigenvalue weighted by Gasteiger charge is 2.20. The molecule has 37 heavy (non-hydrogen) atoms. The molecule has 2 aromatic carbocycles. The van der Waals surface area contributed by atoms with Crippen LogP contribution in [0, 0.1) is 11.3 Å². The number of primary amides is 1. The summed E-state index contributed by atoms with van der Waals surface area (Å²) in [6.07, 6.45) is 5.56. The summed E-state index contributed by atoms with van der Waals surface area (Å²) in [7, 11) is 3.75. The Morgan fingerprint density at radius 2 is 1.92 bits per heavy atom. The quantitative estimate of drug-likeness (QED) is 0.520. The van der Waals surface area contributed by atoms with Gasteiger partial charge in [-0.05, 0) is 89.4 Å². The maximum atomic E-state index is 10.3. The zero-order valence-corrected chi connectivity index (χ0v) is 22.1. The number of hydrogen-bond donors (Lipinski definition) is 2. The fourth-order valence-electron chi connectivity index (χ4n) is 4.32. The first-order valence-electron chi connectivity index (χ1n) is 12.7. The maximum Gasteiger partial charge on any atom is 0.314 e. The van der Waals surface area contributed by atoms with Crippen molar-refractivity contribution in [2.45, 2.75) is 52.1 Å². The molecule has 2 aliphatic rings. The first-order chi connectivity index (χ1) is 17.9. The minimum atomic E-state index is -0.275. The molecule has 0 saturated carbocycles. The zero-order chi connectivity index (χ0) is 26.8. The molecule has 3 N–H and O–H groups in total. The van der Waals surface area contributed by atoms with Crippen molar-refractivity contribution < 1.29 is 15.5 Å². The van der Waals surface area contributed by atoms with Crippen LogP contribution in [0.15, 0.2) is 40.9 Å². The number of carbonyl (C=O) groups excluding carboxylic acids is 1. The molecule has 198 valence electrons. The number of benzene rings is 2. The second-order valence-electron chi connectivity index (χ2n) is 9.24. The van der Waals surface area contributed by atoms with Crippen LogP contribution in [0.3, 0.4) is 0 Å². The number of carbonyl (C=O) groups is 1. The number of ether oxygens (including phenoxy) is 1. The molecule has 1 aliphatic carbocycles. The van der Waals surface area contributed by atoms with Gasteiger partial charge < -0.3 is 25.2 Å². The summed E-state index contributed by atoms with van der Waals surface area (Å²) >= 11 is 0. The minimum absolute atomic E-state index is 0. The van der Waals surface area contributed by atoms with Crippen molar-refractivity contribution in [1.29, 1.82) is 5.26 Å². The van der Waals surface area contributed by atoms with Crippen LogP contribution in [0.4, 0.5) is 4.79 Å². The summed E-state index contributed by atoms with van der Waals surface area (Å²) in [6.45, 7) is 5.57. The molecule has 1 saturated heterocycles. The van der Waals surface area contributed by atoms with E-state index in [-0.39, 0.29) is 13.6 Å². The predicted octanol–water partition coefficient (Wildman–Crippen LogP) is 4.79. The fraction of sp³-hybridized carbons (Fsp3) is 0.429. The molecule has 9 heteroatoms. The van der Waals surface area contributed by atoms with Gasteiger partial charge in [-0.3, -0.25) is 0 Å². The van der Waals surface area contributed by atoms with Gasteiger partial charge in [-0.15, -0.1) is 0 Å². The number of urea groups is 1. The molecular formula is C28H38N6O3. The van der Waals surface area contributed by atoms with E-state index >= 15 is 0 Å². The van der Waals surface area contributed by atoms with E-state index in [2.05, 4.69) is 27.6 Å². The Labute approximate surface area is 220 Å². The van der Waals surface area contributed by atoms with Crippen molar-refractivity contribution in [2.75, 3.05) is 27.2 Å². The van der Waals surface area contributed by atoms with Gasteiger partial charge in [0.15, 0.2) is 0 Å². The molecule has 0 spiro atoms. The maximum absolute atomic E-state index is 10.3. The van der Waals surface area contributed by atoms with Crippen molar-refractivity contribution in [2.24, 2.45) is 5.73 Å². The molecule has 3 aromatic rings. The van der Waals surface area contributed by atoms with E-state index in [0.717, 1.165) is 44.3 Å². The summed E-state index contributed by atoms with van der Waals surface area (Å²) in [6, 6.07) is 13.5. The largest absolute Gasteiger partial charge is 0.490 e. The van der Waals surface area contributed by atoms with Gasteiger partial charge in [0.25, 0.3) is 5.89 Å². The van der Waals surface area contributed by atoms with E-state index in [1.54, 1.807) is 17.0 Å². The lowest BCUT2D eigenvalue weighted by molar-refractivity contribution is 0.218. The number of nitriles is 1. The number of nitrogens with zero attached hydrogens (tertiary/aromatic N) is 4. The monoisotopic (exact) mass is 506 g/mol. The van der Waals surface area contributed by atoms with Gasteiger partial charge in [-0.2, -0.15) is 10.2 Å². The first kappa shape index (κ1) is 27.7. The minimum Gasteiger partial charge on any atom is -0.490 e. The van der Waals surface area contributed by atoms with E-state index in [4.69, 9.17) is 15.0 Å². The van der Waals surface area contributed by atoms with Crippen LogP contribution in [-0.4, -0.2) is 54.4 Å². The summed E-state index contributed by atoms with van der Waals surface area (Å²) in [5.74, 6) is 1.56. The van der Waals surface area contributed by atoms with Crippen molar-refractivity contribution in [3.8, 4) is 34.7 Å². The molecule has 0 bridgehead atoms. The molecular weight excluding hydrogens is 468 g/mol. The van der Waals surface area contributed by atoms with Crippen LogP contribution >= 0.6 is 0 Å². The molecule has 0 radical (unpaired) electrons. The number of likely N-dealkylation sites (tertiary alicyclic amines) is 1. The van der Waals surface area contributed by atoms with Crippen molar-refractivity contribution in [3.63, 3.8) is 0 Å². The Hall–Kier alpha value is -3.90. The van der Waals surface area contributed by atoms with Crippen LogP contribution in [0.5, 0.6) is 5.75 Å². The summed E-state index contributed by atoms with van der Waals surface area (Å²) < 4.78 is 11.1. The Balaban J connectivity index is 0.000000356. The molecule has 1 aliphatic heterocycles. The van der Waals surface area contributed by atoms with Gasteiger partial charge in [0, 0.05) is 25.6 Å². The third kappa shape index (κ3) is 7.30. The second-order valence-corrected chi connectivity index (χ2v) is 9.24. The van der Waals surface area contributed by atoms with E-state index in [1.165, 1.54) is 17.5 Å². The average molecular weight is 507 g/mol. The first-order valence-corrected chi connectivity index (χ1v) is 12.7. The topological polar surface area (TPSA) is 130 Å². The number of rotatable bonds is 4. The van der Waals surface area contributed by atoms with Crippen LogP contribution in [0.2, 0.25) is 0 Å². The third-order valence-corrected chi connectivity index (χ3v) is 5.94. The fourth-order valence-corrected chi connectivity index (χ4v) is 4.32. The molecule has 0 atom stereocenters. The molecule has 1 fully saturated rings. The number of nitrogens with one attached hydrogen (secondary N) is 1. The van der Waals surface area contributed by atoms with E-state index in [9.17, 15) is 10.1 Å². The highest BCUT2D eigenvalue weighted by molar-refractivity contribution is 5.72. The van der Waals surface area contributed by atoms with Gasteiger partial charge in [0.05, 0.1) is 11.7 Å². The van der Waals surface area contributed by atoms with Crippen LogP contribution in [0.25, 0.3) is 22.8 Å². The van der Waals surface area contributed by atoms with E-state index in [1.807, 2.05) is 46.1 Å². The summed E-state index contributed by atoms with van der Waals surface area (Å²) in [5, 5.41) is 16.3. The number of aromatic nitrogens is 2. The summed E-state index contributed by atoms with van der Waals surface area (Å²) in [5.41, 5.74) is 9.88. The molecule has 5 rings (SSSR count). The second kappa shape index (κ2) is 13.4. The summed E-state index contributed by atoms with van der Waals surface area (Å²) in [4.78, 5) is 16.6. The van der Waals surface area contributed by atoms with Crippen LogP contribution in [-0.2, 0) is 12.8 Å². The lowest BCUT2D eigenvalue weighted by Gasteiger charge is -2.11. The molecule has 1 aromatic heterocycles. The number of fused-ring (bicyclic) bond motifs is 1. The van der Waals surface area contributed by atoms with Crippen molar-refractivity contribution >= 4 is 6.03 Å². The van der Waals surface area contributed by atoms with Gasteiger partial charge in [-0.1, -0.05) is 23.4 Å². The lowest BCUT2D eigenvalue weighted by atomic mass is 10.0.